The van der Waals surface area contributed by atoms with Crippen LogP contribution in [0.5, 0.6) is 0 Å². The summed E-state index contributed by atoms with van der Waals surface area (Å²) >= 11 is -1.55. The monoisotopic (exact) mass is 496 g/mol. The van der Waals surface area contributed by atoms with Gasteiger partial charge in [-0.25, -0.2) is 8.60 Å². The molecule has 2 fully saturated rings. The highest BCUT2D eigenvalue weighted by molar-refractivity contribution is 7.81. The number of rotatable bonds is 5. The molecule has 1 saturated heterocycles. The second-order valence-corrected chi connectivity index (χ2v) is 10.7. The van der Waals surface area contributed by atoms with Gasteiger partial charge in [0.25, 0.3) is 5.91 Å². The van der Waals surface area contributed by atoms with E-state index in [2.05, 4.69) is 35.3 Å². The van der Waals surface area contributed by atoms with Crippen molar-refractivity contribution in [2.24, 2.45) is 0 Å². The Labute approximate surface area is 209 Å². The van der Waals surface area contributed by atoms with E-state index in [4.69, 9.17) is 4.18 Å². The van der Waals surface area contributed by atoms with Crippen LogP contribution >= 0.6 is 0 Å². The Hall–Kier alpha value is -3.68. The molecule has 3 atom stereocenters. The van der Waals surface area contributed by atoms with Gasteiger partial charge in [0.15, 0.2) is 17.2 Å². The summed E-state index contributed by atoms with van der Waals surface area (Å²) < 4.78 is 32.1. The molecule has 2 aliphatic rings. The summed E-state index contributed by atoms with van der Waals surface area (Å²) in [6, 6.07) is 24.7. The van der Waals surface area contributed by atoms with E-state index in [1.807, 2.05) is 36.4 Å². The maximum atomic E-state index is 13.7. The average Bonchev–Trinajstić information content (AvgIpc) is 3.76. The summed E-state index contributed by atoms with van der Waals surface area (Å²) in [4.78, 5) is 19.5. The first-order valence-electron chi connectivity index (χ1n) is 12.0. The van der Waals surface area contributed by atoms with Crippen LogP contribution < -0.4 is 4.90 Å². The van der Waals surface area contributed by atoms with Gasteiger partial charge in [-0.05, 0) is 58.0 Å². The number of β-lactam (4-membered cyclic amide) rings is 1. The fourth-order valence-electron chi connectivity index (χ4n) is 5.16. The van der Waals surface area contributed by atoms with Crippen molar-refractivity contribution < 1.29 is 17.6 Å². The molecule has 0 radical (unpaired) electrons. The van der Waals surface area contributed by atoms with Crippen LogP contribution in [0.1, 0.15) is 24.6 Å². The molecule has 0 spiro atoms. The number of anilines is 1. The van der Waals surface area contributed by atoms with Crippen molar-refractivity contribution in [2.45, 2.75) is 30.2 Å². The third-order valence-corrected chi connectivity index (χ3v) is 8.51. The van der Waals surface area contributed by atoms with Crippen LogP contribution in [0.15, 0.2) is 85.1 Å². The Morgan fingerprint density at radius 1 is 0.861 bits per heavy atom. The van der Waals surface area contributed by atoms with Crippen LogP contribution in [0.3, 0.4) is 0 Å². The van der Waals surface area contributed by atoms with Gasteiger partial charge in [0.1, 0.15) is 11.9 Å². The third kappa shape index (κ3) is 3.34. The number of amides is 1. The minimum absolute atomic E-state index is 0.0264. The van der Waals surface area contributed by atoms with Gasteiger partial charge in [-0.15, -0.1) is 0 Å². The number of benzene rings is 4. The molecule has 5 aromatic rings. The van der Waals surface area contributed by atoms with Gasteiger partial charge >= 0.3 is 0 Å². The number of halogens is 1. The van der Waals surface area contributed by atoms with E-state index in [1.165, 1.54) is 6.07 Å². The lowest BCUT2D eigenvalue weighted by Crippen LogP contribution is -2.60. The van der Waals surface area contributed by atoms with E-state index in [-0.39, 0.29) is 11.2 Å². The molecule has 0 bridgehead atoms. The summed E-state index contributed by atoms with van der Waals surface area (Å²) in [6.07, 6.45) is 1.86. The summed E-state index contributed by atoms with van der Waals surface area (Å²) in [6.45, 7) is 0. The zero-order valence-corrected chi connectivity index (χ0v) is 20.0. The predicted octanol–water partition coefficient (Wildman–Crippen LogP) is 5.98. The molecule has 3 unspecified atom stereocenters. The van der Waals surface area contributed by atoms with Crippen LogP contribution in [-0.2, 0) is 20.1 Å². The molecular weight excluding hydrogens is 475 g/mol. The SMILES string of the molecule is O=C1C(OS(=O)C2CC2)C(c2ccc(F)cn2)N1c1cc2c3ccccc3ccc2c2ccccc12. The molecule has 2 heterocycles. The summed E-state index contributed by atoms with van der Waals surface area (Å²) in [7, 11) is 0. The fraction of sp³-hybridized carbons (Fsp3) is 0.172. The molecule has 178 valence electrons. The van der Waals surface area contributed by atoms with Gasteiger partial charge in [0.05, 0.1) is 22.8 Å². The Morgan fingerprint density at radius 2 is 1.58 bits per heavy atom. The number of fused-ring (bicyclic) bond motifs is 5. The van der Waals surface area contributed by atoms with E-state index >= 15 is 0 Å². The van der Waals surface area contributed by atoms with Crippen molar-refractivity contribution in [2.75, 3.05) is 4.90 Å². The van der Waals surface area contributed by atoms with Crippen molar-refractivity contribution >= 4 is 55.0 Å². The standard InChI is InChI=1S/C29H21FN2O3S/c30-18-10-14-25(31-16-18)27-28(35-36(34)19-11-12-19)29(33)32(27)26-15-24-20-6-2-1-5-17(20)9-13-22(24)21-7-3-4-8-23(21)26/h1-10,13-16,19,27-28H,11-12H2. The molecule has 36 heavy (non-hydrogen) atoms. The van der Waals surface area contributed by atoms with Gasteiger partial charge in [-0.3, -0.25) is 18.9 Å². The van der Waals surface area contributed by atoms with Crippen molar-refractivity contribution in [1.82, 2.24) is 4.98 Å². The normalized spacial score (nSPS) is 20.7. The summed E-state index contributed by atoms with van der Waals surface area (Å²) in [5, 5.41) is 6.25. The molecule has 1 aliphatic carbocycles. The minimum Gasteiger partial charge on any atom is -0.297 e. The molecule has 0 N–H and O–H groups in total. The number of carbonyl (C=O) groups is 1. The van der Waals surface area contributed by atoms with E-state index in [1.54, 1.807) is 11.0 Å². The van der Waals surface area contributed by atoms with Crippen LogP contribution in [0.25, 0.3) is 32.3 Å². The van der Waals surface area contributed by atoms with E-state index in [0.717, 1.165) is 57.0 Å². The van der Waals surface area contributed by atoms with E-state index in [0.29, 0.717) is 5.69 Å². The molecule has 1 saturated carbocycles. The highest BCUT2D eigenvalue weighted by atomic mass is 32.2. The number of pyridine rings is 1. The minimum atomic E-state index is -1.55. The maximum absolute atomic E-state index is 13.7. The zero-order valence-electron chi connectivity index (χ0n) is 19.1. The number of aromatic nitrogens is 1. The highest BCUT2D eigenvalue weighted by Crippen LogP contribution is 2.46. The molecule has 4 aromatic carbocycles. The van der Waals surface area contributed by atoms with Crippen LogP contribution in [0, 0.1) is 5.82 Å². The van der Waals surface area contributed by atoms with E-state index < -0.39 is 29.0 Å². The lowest BCUT2D eigenvalue weighted by Gasteiger charge is -2.46. The van der Waals surface area contributed by atoms with E-state index in [9.17, 15) is 13.4 Å². The lowest BCUT2D eigenvalue weighted by molar-refractivity contribution is -0.134. The molecule has 1 amide bonds. The zero-order chi connectivity index (χ0) is 24.4. The maximum Gasteiger partial charge on any atom is 0.260 e. The van der Waals surface area contributed by atoms with Gasteiger partial charge in [0, 0.05) is 5.39 Å². The first-order valence-corrected chi connectivity index (χ1v) is 13.1. The first kappa shape index (κ1) is 21.6. The van der Waals surface area contributed by atoms with Gasteiger partial charge in [-0.2, -0.15) is 0 Å². The van der Waals surface area contributed by atoms with Gasteiger partial charge in [0.2, 0.25) is 0 Å². The second-order valence-electron chi connectivity index (χ2n) is 9.35. The molecule has 7 rings (SSSR count). The van der Waals surface area contributed by atoms with Gasteiger partial charge in [-0.1, -0.05) is 60.7 Å². The average molecular weight is 497 g/mol. The van der Waals surface area contributed by atoms with Crippen LogP contribution in [-0.4, -0.2) is 26.5 Å². The van der Waals surface area contributed by atoms with Crippen LogP contribution in [0.4, 0.5) is 10.1 Å². The van der Waals surface area contributed by atoms with Crippen molar-refractivity contribution in [3.63, 3.8) is 0 Å². The Bertz CT molecular complexity index is 1700. The Kier molecular flexibility index (Phi) is 4.91. The molecule has 1 aliphatic heterocycles. The summed E-state index contributed by atoms with van der Waals surface area (Å²) in [5.41, 5.74) is 1.23. The van der Waals surface area contributed by atoms with Gasteiger partial charge < -0.3 is 0 Å². The largest absolute Gasteiger partial charge is 0.297 e. The van der Waals surface area contributed by atoms with Crippen molar-refractivity contribution in [1.29, 1.82) is 0 Å². The van der Waals surface area contributed by atoms with Crippen LogP contribution in [0.2, 0.25) is 0 Å². The summed E-state index contributed by atoms with van der Waals surface area (Å²) in [5.74, 6) is -0.734. The second kappa shape index (κ2) is 8.18. The number of carbonyl (C=O) groups excluding carboxylic acids is 1. The molecule has 5 nitrogen and oxygen atoms in total. The Balaban J connectivity index is 1.44. The topological polar surface area (TPSA) is 59.5 Å². The third-order valence-electron chi connectivity index (χ3n) is 7.10. The molecule has 1 aromatic heterocycles. The van der Waals surface area contributed by atoms with Crippen molar-refractivity contribution in [3.05, 3.63) is 96.6 Å². The number of hydrogen-bond donors (Lipinski definition) is 0. The Morgan fingerprint density at radius 3 is 2.33 bits per heavy atom. The number of nitrogens with zero attached hydrogens (tertiary/aromatic N) is 2. The fourth-order valence-corrected chi connectivity index (χ4v) is 6.23. The quantitative estimate of drug-likeness (QED) is 0.222. The molecular formula is C29H21FN2O3S. The number of hydrogen-bond acceptors (Lipinski definition) is 4. The predicted molar refractivity (Wildman–Crippen MR) is 139 cm³/mol. The first-order chi connectivity index (χ1) is 17.6. The molecule has 7 heteroatoms. The highest BCUT2D eigenvalue weighted by Gasteiger charge is 2.53. The van der Waals surface area contributed by atoms with Crippen molar-refractivity contribution in [3.8, 4) is 0 Å². The lowest BCUT2D eigenvalue weighted by atomic mass is 9.90. The smallest absolute Gasteiger partial charge is 0.260 e.